The van der Waals surface area contributed by atoms with Gasteiger partial charge in [0.1, 0.15) is 29.1 Å². The van der Waals surface area contributed by atoms with Gasteiger partial charge in [0, 0.05) is 5.56 Å². The molecule has 1 atom stereocenters. The van der Waals surface area contributed by atoms with Gasteiger partial charge in [0.05, 0.1) is 35.8 Å². The molecule has 0 aliphatic carbocycles. The summed E-state index contributed by atoms with van der Waals surface area (Å²) >= 11 is 1.25. The van der Waals surface area contributed by atoms with Gasteiger partial charge in [-0.3, -0.25) is 14.5 Å². The van der Waals surface area contributed by atoms with Crippen LogP contribution in [0.3, 0.4) is 0 Å². The lowest BCUT2D eigenvalue weighted by atomic mass is 9.99. The normalized spacial score (nSPS) is 17.5. The molecule has 0 radical (unpaired) electrons. The van der Waals surface area contributed by atoms with Crippen LogP contribution in [0.5, 0.6) is 11.5 Å². The van der Waals surface area contributed by atoms with Gasteiger partial charge in [-0.15, -0.1) is 0 Å². The third-order valence-electron chi connectivity index (χ3n) is 5.47. The Morgan fingerprint density at radius 2 is 2.00 bits per heavy atom. The van der Waals surface area contributed by atoms with Crippen LogP contribution in [-0.2, 0) is 9.59 Å². The Hall–Kier alpha value is -4.11. The Labute approximate surface area is 198 Å². The van der Waals surface area contributed by atoms with Gasteiger partial charge < -0.3 is 19.0 Å². The molecule has 4 aromatic rings. The first-order chi connectivity index (χ1) is 16.5. The number of carbonyl (C=O) groups is 2. The third kappa shape index (κ3) is 3.60. The lowest BCUT2D eigenvalue weighted by Crippen LogP contribution is -2.29. The molecule has 1 N–H and O–H groups in total. The molecular formula is C25H20N2O6S. The van der Waals surface area contributed by atoms with Gasteiger partial charge >= 0.3 is 5.91 Å². The monoisotopic (exact) mass is 476 g/mol. The first-order valence-electron chi connectivity index (χ1n) is 10.5. The largest absolute Gasteiger partial charge is 0.507 e. The molecule has 1 amide bonds. The fourth-order valence-corrected chi connectivity index (χ4v) is 4.94. The van der Waals surface area contributed by atoms with E-state index in [4.69, 9.17) is 13.9 Å². The summed E-state index contributed by atoms with van der Waals surface area (Å²) in [5.41, 5.74) is 0.929. The van der Waals surface area contributed by atoms with Gasteiger partial charge in [0.15, 0.2) is 5.13 Å². The van der Waals surface area contributed by atoms with E-state index in [-0.39, 0.29) is 11.3 Å². The van der Waals surface area contributed by atoms with Crippen molar-refractivity contribution in [3.63, 3.8) is 0 Å². The molecule has 1 aliphatic rings. The number of ether oxygens (including phenoxy) is 2. The van der Waals surface area contributed by atoms with Crippen LogP contribution in [0.2, 0.25) is 0 Å². The molecule has 5 rings (SSSR count). The molecule has 0 saturated carbocycles. The Balaban J connectivity index is 1.66. The minimum absolute atomic E-state index is 0.0811. The van der Waals surface area contributed by atoms with Crippen molar-refractivity contribution in [3.05, 3.63) is 77.8 Å². The number of ketones is 1. The quantitative estimate of drug-likeness (QED) is 0.239. The summed E-state index contributed by atoms with van der Waals surface area (Å²) in [5, 5.41) is 11.5. The summed E-state index contributed by atoms with van der Waals surface area (Å²) < 4.78 is 17.2. The minimum atomic E-state index is -0.979. The van der Waals surface area contributed by atoms with Crippen LogP contribution in [0.1, 0.15) is 24.3 Å². The molecule has 0 spiro atoms. The van der Waals surface area contributed by atoms with E-state index in [1.54, 1.807) is 48.5 Å². The third-order valence-corrected chi connectivity index (χ3v) is 6.48. The van der Waals surface area contributed by atoms with Crippen molar-refractivity contribution in [1.82, 2.24) is 4.98 Å². The van der Waals surface area contributed by atoms with E-state index in [2.05, 4.69) is 4.98 Å². The van der Waals surface area contributed by atoms with Crippen molar-refractivity contribution in [2.45, 2.75) is 13.0 Å². The molecule has 1 fully saturated rings. The van der Waals surface area contributed by atoms with Crippen molar-refractivity contribution < 1.29 is 28.6 Å². The van der Waals surface area contributed by atoms with Crippen LogP contribution in [-0.4, -0.2) is 35.5 Å². The fourth-order valence-electron chi connectivity index (χ4n) is 3.92. The average molecular weight is 477 g/mol. The van der Waals surface area contributed by atoms with Gasteiger partial charge in [-0.25, -0.2) is 4.98 Å². The number of aliphatic hydroxyl groups is 1. The molecule has 0 bridgehead atoms. The molecule has 8 nitrogen and oxygen atoms in total. The number of methoxy groups -OCH3 is 1. The van der Waals surface area contributed by atoms with Crippen LogP contribution < -0.4 is 14.4 Å². The smallest absolute Gasteiger partial charge is 0.302 e. The van der Waals surface area contributed by atoms with Crippen LogP contribution >= 0.6 is 11.3 Å². The van der Waals surface area contributed by atoms with E-state index in [1.165, 1.54) is 29.6 Å². The van der Waals surface area contributed by atoms with Crippen LogP contribution in [0.4, 0.5) is 5.13 Å². The second kappa shape index (κ2) is 8.68. The molecule has 2 aromatic heterocycles. The zero-order valence-corrected chi connectivity index (χ0v) is 19.2. The maximum atomic E-state index is 13.2. The molecule has 172 valence electrons. The predicted octanol–water partition coefficient (Wildman–Crippen LogP) is 4.92. The first kappa shape index (κ1) is 21.7. The van der Waals surface area contributed by atoms with Crippen LogP contribution in [0, 0.1) is 0 Å². The number of hydrogen-bond donors (Lipinski definition) is 1. The summed E-state index contributed by atoms with van der Waals surface area (Å²) in [5.74, 6) is -0.415. The number of Topliss-reactive ketones (excluding diaryl/α,β-unsaturated/α-hetero) is 1. The van der Waals surface area contributed by atoms with Gasteiger partial charge in [0.25, 0.3) is 5.78 Å². The summed E-state index contributed by atoms with van der Waals surface area (Å²) in [6.45, 7) is 2.42. The topological polar surface area (TPSA) is 102 Å². The number of carbonyl (C=O) groups excluding carboxylic acids is 2. The van der Waals surface area contributed by atoms with Crippen LogP contribution in [0.15, 0.2) is 70.9 Å². The zero-order chi connectivity index (χ0) is 23.8. The highest BCUT2D eigenvalue weighted by Crippen LogP contribution is 2.44. The standard InChI is InChI=1S/C25H20N2O6S/c1-3-32-16-9-10-17-19(13-16)34-25(26-17)27-21(18-8-5-11-33-18)20(23(29)24(27)30)22(28)14-6-4-7-15(12-14)31-2/h4-13,21,28H,3H2,1-2H3. The maximum absolute atomic E-state index is 13.2. The molecular weight excluding hydrogens is 456 g/mol. The van der Waals surface area contributed by atoms with Gasteiger partial charge in [-0.2, -0.15) is 0 Å². The van der Waals surface area contributed by atoms with Gasteiger partial charge in [0.2, 0.25) is 0 Å². The Bertz CT molecular complexity index is 1420. The Morgan fingerprint density at radius 3 is 2.74 bits per heavy atom. The van der Waals surface area contributed by atoms with Crippen molar-refractivity contribution in [1.29, 1.82) is 0 Å². The molecule has 2 aromatic carbocycles. The number of aromatic nitrogens is 1. The molecule has 9 heteroatoms. The van der Waals surface area contributed by atoms with Gasteiger partial charge in [-0.05, 0) is 49.4 Å². The Kier molecular flexibility index (Phi) is 5.54. The zero-order valence-electron chi connectivity index (χ0n) is 18.3. The van der Waals surface area contributed by atoms with E-state index in [9.17, 15) is 14.7 Å². The van der Waals surface area contributed by atoms with E-state index < -0.39 is 17.7 Å². The van der Waals surface area contributed by atoms with Crippen molar-refractivity contribution in [3.8, 4) is 11.5 Å². The number of amides is 1. The number of hydrogen-bond acceptors (Lipinski definition) is 8. The number of nitrogens with zero attached hydrogens (tertiary/aromatic N) is 2. The average Bonchev–Trinajstić information content (AvgIpc) is 3.57. The number of thiazole rings is 1. The molecule has 3 heterocycles. The van der Waals surface area contributed by atoms with Crippen molar-refractivity contribution in [2.75, 3.05) is 18.6 Å². The number of furan rings is 1. The fraction of sp³-hybridized carbons (Fsp3) is 0.160. The first-order valence-corrected chi connectivity index (χ1v) is 11.4. The maximum Gasteiger partial charge on any atom is 0.302 e. The SMILES string of the molecule is CCOc1ccc2nc(N3C(=O)C(=O)C(=C(O)c4cccc(OC)c4)C3c3ccco3)sc2c1. The molecule has 1 aliphatic heterocycles. The number of aliphatic hydroxyl groups excluding tert-OH is 1. The number of benzene rings is 2. The molecule has 34 heavy (non-hydrogen) atoms. The minimum Gasteiger partial charge on any atom is -0.507 e. The number of rotatable bonds is 6. The Morgan fingerprint density at radius 1 is 1.15 bits per heavy atom. The summed E-state index contributed by atoms with van der Waals surface area (Å²) in [6.07, 6.45) is 1.45. The summed E-state index contributed by atoms with van der Waals surface area (Å²) in [6, 6.07) is 14.4. The number of anilines is 1. The summed E-state index contributed by atoms with van der Waals surface area (Å²) in [4.78, 5) is 32.3. The van der Waals surface area contributed by atoms with Crippen LogP contribution in [0.25, 0.3) is 16.0 Å². The second-order valence-corrected chi connectivity index (χ2v) is 8.48. The highest BCUT2D eigenvalue weighted by atomic mass is 32.1. The number of fused-ring (bicyclic) bond motifs is 1. The van der Waals surface area contributed by atoms with Crippen molar-refractivity contribution in [2.24, 2.45) is 0 Å². The van der Waals surface area contributed by atoms with E-state index in [1.807, 2.05) is 13.0 Å². The highest BCUT2D eigenvalue weighted by molar-refractivity contribution is 7.22. The second-order valence-electron chi connectivity index (χ2n) is 7.48. The van der Waals surface area contributed by atoms with Gasteiger partial charge in [-0.1, -0.05) is 23.5 Å². The van der Waals surface area contributed by atoms with E-state index in [0.29, 0.717) is 40.1 Å². The lowest BCUT2D eigenvalue weighted by Gasteiger charge is -2.20. The summed E-state index contributed by atoms with van der Waals surface area (Å²) in [7, 11) is 1.50. The predicted molar refractivity (Wildman–Crippen MR) is 127 cm³/mol. The highest BCUT2D eigenvalue weighted by Gasteiger charge is 2.49. The van der Waals surface area contributed by atoms with E-state index in [0.717, 1.165) is 4.70 Å². The van der Waals surface area contributed by atoms with E-state index >= 15 is 0 Å². The lowest BCUT2D eigenvalue weighted by molar-refractivity contribution is -0.132. The molecule has 1 saturated heterocycles. The molecule has 1 unspecified atom stereocenters. The van der Waals surface area contributed by atoms with Crippen molar-refractivity contribution >= 4 is 44.1 Å².